The van der Waals surface area contributed by atoms with Gasteiger partial charge in [-0.1, -0.05) is 12.1 Å². The standard InChI is InChI=1S/C14H24N2O3/c1-16(2)10-12(17)9-15-8-11-6-5-7-13(18-3)14(11)19-4/h5-7,12,15,17H,8-10H2,1-4H3. The van der Waals surface area contributed by atoms with E-state index >= 15 is 0 Å². The van der Waals surface area contributed by atoms with E-state index in [0.717, 1.165) is 17.1 Å². The molecule has 0 heterocycles. The van der Waals surface area contributed by atoms with Crippen molar-refractivity contribution in [1.82, 2.24) is 10.2 Å². The Hall–Kier alpha value is -1.30. The van der Waals surface area contributed by atoms with Crippen molar-refractivity contribution in [3.8, 4) is 11.5 Å². The van der Waals surface area contributed by atoms with Gasteiger partial charge in [-0.25, -0.2) is 0 Å². The molecular formula is C14H24N2O3. The number of hydrogen-bond acceptors (Lipinski definition) is 5. The number of methoxy groups -OCH3 is 2. The molecule has 1 aromatic carbocycles. The Morgan fingerprint density at radius 2 is 2.00 bits per heavy atom. The van der Waals surface area contributed by atoms with Crippen molar-refractivity contribution < 1.29 is 14.6 Å². The van der Waals surface area contributed by atoms with Crippen molar-refractivity contribution in [2.24, 2.45) is 0 Å². The van der Waals surface area contributed by atoms with Crippen molar-refractivity contribution >= 4 is 0 Å². The fourth-order valence-corrected chi connectivity index (χ4v) is 1.95. The molecule has 1 atom stereocenters. The zero-order chi connectivity index (χ0) is 14.3. The number of nitrogens with one attached hydrogen (secondary N) is 1. The molecule has 0 amide bonds. The number of hydrogen-bond donors (Lipinski definition) is 2. The third-order valence-corrected chi connectivity index (χ3v) is 2.76. The first-order valence-electron chi connectivity index (χ1n) is 6.31. The lowest BCUT2D eigenvalue weighted by Crippen LogP contribution is -2.34. The van der Waals surface area contributed by atoms with E-state index in [4.69, 9.17) is 9.47 Å². The summed E-state index contributed by atoms with van der Waals surface area (Å²) in [5, 5.41) is 13.0. The van der Waals surface area contributed by atoms with Crippen molar-refractivity contribution in [3.63, 3.8) is 0 Å². The van der Waals surface area contributed by atoms with Gasteiger partial charge in [0.1, 0.15) is 0 Å². The Morgan fingerprint density at radius 1 is 1.26 bits per heavy atom. The fourth-order valence-electron chi connectivity index (χ4n) is 1.95. The van der Waals surface area contributed by atoms with E-state index in [-0.39, 0.29) is 6.10 Å². The molecule has 0 bridgehead atoms. The summed E-state index contributed by atoms with van der Waals surface area (Å²) < 4.78 is 10.6. The van der Waals surface area contributed by atoms with Crippen molar-refractivity contribution in [2.75, 3.05) is 41.4 Å². The topological polar surface area (TPSA) is 54.0 Å². The fraction of sp³-hybridized carbons (Fsp3) is 0.571. The molecular weight excluding hydrogens is 244 g/mol. The van der Waals surface area contributed by atoms with Crippen LogP contribution < -0.4 is 14.8 Å². The van der Waals surface area contributed by atoms with Crippen LogP contribution in [-0.4, -0.2) is 57.5 Å². The van der Waals surface area contributed by atoms with Gasteiger partial charge < -0.3 is 24.8 Å². The van der Waals surface area contributed by atoms with Crippen LogP contribution >= 0.6 is 0 Å². The lowest BCUT2D eigenvalue weighted by Gasteiger charge is -2.17. The minimum Gasteiger partial charge on any atom is -0.493 e. The highest BCUT2D eigenvalue weighted by atomic mass is 16.5. The summed E-state index contributed by atoms with van der Waals surface area (Å²) in [6, 6.07) is 5.77. The van der Waals surface area contributed by atoms with Gasteiger partial charge in [0.05, 0.1) is 20.3 Å². The number of aliphatic hydroxyl groups excluding tert-OH is 1. The first-order valence-corrected chi connectivity index (χ1v) is 6.31. The molecule has 0 aliphatic rings. The molecule has 1 rings (SSSR count). The molecule has 0 spiro atoms. The van der Waals surface area contributed by atoms with Crippen molar-refractivity contribution in [3.05, 3.63) is 23.8 Å². The van der Waals surface area contributed by atoms with E-state index in [2.05, 4.69) is 5.32 Å². The van der Waals surface area contributed by atoms with Crippen LogP contribution in [0.5, 0.6) is 11.5 Å². The maximum absolute atomic E-state index is 9.76. The molecule has 1 aromatic rings. The van der Waals surface area contributed by atoms with Crippen LogP contribution in [0.2, 0.25) is 0 Å². The van der Waals surface area contributed by atoms with Crippen LogP contribution in [0.4, 0.5) is 0 Å². The van der Waals surface area contributed by atoms with E-state index in [1.165, 1.54) is 0 Å². The molecule has 0 aliphatic heterocycles. The molecule has 0 fully saturated rings. The number of ether oxygens (including phenoxy) is 2. The number of rotatable bonds is 8. The molecule has 0 radical (unpaired) electrons. The molecule has 5 nitrogen and oxygen atoms in total. The molecule has 19 heavy (non-hydrogen) atoms. The van der Waals surface area contributed by atoms with Gasteiger partial charge in [0.25, 0.3) is 0 Å². The molecule has 0 saturated carbocycles. The lowest BCUT2D eigenvalue weighted by molar-refractivity contribution is 0.134. The molecule has 0 aliphatic carbocycles. The summed E-state index contributed by atoms with van der Waals surface area (Å²) in [5.41, 5.74) is 1.01. The third-order valence-electron chi connectivity index (χ3n) is 2.76. The monoisotopic (exact) mass is 268 g/mol. The van der Waals surface area contributed by atoms with Gasteiger partial charge in [0.15, 0.2) is 11.5 Å². The van der Waals surface area contributed by atoms with Gasteiger partial charge in [-0.3, -0.25) is 0 Å². The highest BCUT2D eigenvalue weighted by Crippen LogP contribution is 2.30. The maximum Gasteiger partial charge on any atom is 0.165 e. The molecule has 5 heteroatoms. The summed E-state index contributed by atoms with van der Waals surface area (Å²) in [6.45, 7) is 1.81. The number of benzene rings is 1. The molecule has 108 valence electrons. The van der Waals surface area contributed by atoms with Gasteiger partial charge >= 0.3 is 0 Å². The first kappa shape index (κ1) is 15.8. The largest absolute Gasteiger partial charge is 0.493 e. The smallest absolute Gasteiger partial charge is 0.165 e. The van der Waals surface area contributed by atoms with Crippen LogP contribution in [0.1, 0.15) is 5.56 Å². The zero-order valence-electron chi connectivity index (χ0n) is 12.1. The average Bonchev–Trinajstić information content (AvgIpc) is 2.37. The van der Waals surface area contributed by atoms with Crippen LogP contribution in [0.25, 0.3) is 0 Å². The number of likely N-dealkylation sites (N-methyl/N-ethyl adjacent to an activating group) is 1. The van der Waals surface area contributed by atoms with Crippen LogP contribution in [0, 0.1) is 0 Å². The van der Waals surface area contributed by atoms with Gasteiger partial charge in [-0.2, -0.15) is 0 Å². The van der Waals surface area contributed by atoms with Crippen LogP contribution in [0.15, 0.2) is 18.2 Å². The minimum atomic E-state index is -0.383. The second kappa shape index (κ2) is 7.99. The van der Waals surface area contributed by atoms with Gasteiger partial charge in [0.2, 0.25) is 0 Å². The van der Waals surface area contributed by atoms with Crippen LogP contribution in [0.3, 0.4) is 0 Å². The van der Waals surface area contributed by atoms with Crippen molar-refractivity contribution in [1.29, 1.82) is 0 Å². The summed E-state index contributed by atoms with van der Waals surface area (Å²) in [5.74, 6) is 1.45. The lowest BCUT2D eigenvalue weighted by atomic mass is 10.2. The highest BCUT2D eigenvalue weighted by molar-refractivity contribution is 5.46. The third kappa shape index (κ3) is 5.06. The second-order valence-corrected chi connectivity index (χ2v) is 4.70. The predicted octanol–water partition coefficient (Wildman–Crippen LogP) is 0.716. The first-order chi connectivity index (χ1) is 9.08. The SMILES string of the molecule is COc1cccc(CNCC(O)CN(C)C)c1OC. The Balaban J connectivity index is 2.53. The van der Waals surface area contributed by atoms with E-state index in [9.17, 15) is 5.11 Å². The normalized spacial score (nSPS) is 12.5. The Morgan fingerprint density at radius 3 is 2.58 bits per heavy atom. The predicted molar refractivity (Wildman–Crippen MR) is 75.8 cm³/mol. The quantitative estimate of drug-likeness (QED) is 0.727. The zero-order valence-corrected chi connectivity index (χ0v) is 12.1. The van der Waals surface area contributed by atoms with Gasteiger partial charge in [-0.05, 0) is 20.2 Å². The van der Waals surface area contributed by atoms with Gasteiger partial charge in [0, 0.05) is 25.2 Å². The molecule has 0 aromatic heterocycles. The number of aliphatic hydroxyl groups is 1. The Kier molecular flexibility index (Phi) is 6.62. The van der Waals surface area contributed by atoms with E-state index in [1.54, 1.807) is 14.2 Å². The number of nitrogens with zero attached hydrogens (tertiary/aromatic N) is 1. The van der Waals surface area contributed by atoms with Gasteiger partial charge in [-0.15, -0.1) is 0 Å². The summed E-state index contributed by atoms with van der Waals surface area (Å²) in [4.78, 5) is 1.96. The molecule has 2 N–H and O–H groups in total. The Labute approximate surface area is 115 Å². The average molecular weight is 268 g/mol. The highest BCUT2D eigenvalue weighted by Gasteiger charge is 2.10. The molecule has 0 saturated heterocycles. The second-order valence-electron chi connectivity index (χ2n) is 4.70. The summed E-state index contributed by atoms with van der Waals surface area (Å²) in [7, 11) is 7.13. The van der Waals surface area contributed by atoms with E-state index < -0.39 is 0 Å². The summed E-state index contributed by atoms with van der Waals surface area (Å²) >= 11 is 0. The summed E-state index contributed by atoms with van der Waals surface area (Å²) in [6.07, 6.45) is -0.383. The maximum atomic E-state index is 9.76. The number of para-hydroxylation sites is 1. The molecule has 1 unspecified atom stereocenters. The van der Waals surface area contributed by atoms with Crippen molar-refractivity contribution in [2.45, 2.75) is 12.6 Å². The van der Waals surface area contributed by atoms with Crippen LogP contribution in [-0.2, 0) is 6.54 Å². The minimum absolute atomic E-state index is 0.383. The Bertz CT molecular complexity index is 383. The van der Waals surface area contributed by atoms with E-state index in [0.29, 0.717) is 19.6 Å². The van der Waals surface area contributed by atoms with E-state index in [1.807, 2.05) is 37.2 Å².